The van der Waals surface area contributed by atoms with Crippen molar-refractivity contribution < 1.29 is 9.59 Å². The molecular formula is C17H18N2O3. The number of carbonyl (C=O) groups excluding carboxylic acids is 2. The number of ketones is 1. The lowest BCUT2D eigenvalue weighted by molar-refractivity contribution is 0.101. The summed E-state index contributed by atoms with van der Waals surface area (Å²) in [6, 6.07) is 7.02. The number of benzene rings is 1. The van der Waals surface area contributed by atoms with E-state index in [0.717, 1.165) is 11.1 Å². The summed E-state index contributed by atoms with van der Waals surface area (Å²) in [6.45, 7) is 6.81. The first-order chi connectivity index (χ1) is 10.3. The van der Waals surface area contributed by atoms with Gasteiger partial charge in [0, 0.05) is 16.9 Å². The Balaban J connectivity index is 2.42. The van der Waals surface area contributed by atoms with E-state index in [4.69, 9.17) is 0 Å². The van der Waals surface area contributed by atoms with E-state index >= 15 is 0 Å². The van der Waals surface area contributed by atoms with Gasteiger partial charge in [0.05, 0.1) is 0 Å². The summed E-state index contributed by atoms with van der Waals surface area (Å²) in [5, 5.41) is 2.72. The van der Waals surface area contributed by atoms with Crippen molar-refractivity contribution >= 4 is 17.4 Å². The SMILES string of the molecule is CC(=O)c1cc(C(=O)Nc2cc(C)ccc2C)c(=O)[nH]c1C. The number of aromatic nitrogens is 1. The van der Waals surface area contributed by atoms with Crippen LogP contribution in [0, 0.1) is 20.8 Å². The Morgan fingerprint density at radius 3 is 2.36 bits per heavy atom. The predicted octanol–water partition coefficient (Wildman–Crippen LogP) is 2.76. The zero-order valence-electron chi connectivity index (χ0n) is 13.0. The summed E-state index contributed by atoms with van der Waals surface area (Å²) in [7, 11) is 0. The summed E-state index contributed by atoms with van der Waals surface area (Å²) < 4.78 is 0. The van der Waals surface area contributed by atoms with Gasteiger partial charge >= 0.3 is 0 Å². The molecule has 5 nitrogen and oxygen atoms in total. The van der Waals surface area contributed by atoms with Crippen molar-refractivity contribution in [1.82, 2.24) is 4.98 Å². The van der Waals surface area contributed by atoms with Crippen molar-refractivity contribution in [2.45, 2.75) is 27.7 Å². The first-order valence-electron chi connectivity index (χ1n) is 6.93. The largest absolute Gasteiger partial charge is 0.325 e. The van der Waals surface area contributed by atoms with Crippen molar-refractivity contribution in [3.8, 4) is 0 Å². The van der Waals surface area contributed by atoms with Crippen LogP contribution in [0.15, 0.2) is 29.1 Å². The van der Waals surface area contributed by atoms with Crippen LogP contribution in [0.3, 0.4) is 0 Å². The smallest absolute Gasteiger partial charge is 0.261 e. The van der Waals surface area contributed by atoms with Crippen LogP contribution in [0.4, 0.5) is 5.69 Å². The number of hydrogen-bond donors (Lipinski definition) is 2. The lowest BCUT2D eigenvalue weighted by Gasteiger charge is -2.10. The Kier molecular flexibility index (Phi) is 4.26. The average molecular weight is 298 g/mol. The fourth-order valence-electron chi connectivity index (χ4n) is 2.22. The second kappa shape index (κ2) is 5.97. The van der Waals surface area contributed by atoms with Gasteiger partial charge in [0.2, 0.25) is 0 Å². The van der Waals surface area contributed by atoms with Crippen molar-refractivity contribution in [2.75, 3.05) is 5.32 Å². The molecule has 0 bridgehead atoms. The number of nitrogens with one attached hydrogen (secondary N) is 2. The second-order valence-corrected chi connectivity index (χ2v) is 5.38. The number of aromatic amines is 1. The van der Waals surface area contributed by atoms with Gasteiger partial charge in [0.25, 0.3) is 11.5 Å². The van der Waals surface area contributed by atoms with E-state index in [2.05, 4.69) is 10.3 Å². The molecule has 0 fully saturated rings. The molecular weight excluding hydrogens is 280 g/mol. The zero-order chi connectivity index (χ0) is 16.4. The van der Waals surface area contributed by atoms with Crippen molar-refractivity contribution in [2.24, 2.45) is 0 Å². The standard InChI is InChI=1S/C17H18N2O3/c1-9-5-6-10(2)15(7-9)19-17(22)14-8-13(12(4)20)11(3)18-16(14)21/h5-8H,1-4H3,(H,18,21)(H,19,22). The molecule has 22 heavy (non-hydrogen) atoms. The minimum atomic E-state index is -0.530. The van der Waals surface area contributed by atoms with Crippen molar-refractivity contribution in [3.05, 3.63) is 62.6 Å². The number of amides is 1. The van der Waals surface area contributed by atoms with Crippen LogP contribution in [-0.4, -0.2) is 16.7 Å². The molecule has 0 spiro atoms. The Morgan fingerprint density at radius 2 is 1.73 bits per heavy atom. The number of carbonyl (C=O) groups is 2. The number of pyridine rings is 1. The Labute approximate surface area is 128 Å². The first-order valence-corrected chi connectivity index (χ1v) is 6.93. The minimum absolute atomic E-state index is 0.0725. The van der Waals surface area contributed by atoms with E-state index in [1.54, 1.807) is 6.92 Å². The molecule has 2 rings (SSSR count). The van der Waals surface area contributed by atoms with Crippen LogP contribution in [0.25, 0.3) is 0 Å². The van der Waals surface area contributed by atoms with Crippen LogP contribution in [0.2, 0.25) is 0 Å². The van der Waals surface area contributed by atoms with E-state index < -0.39 is 11.5 Å². The number of hydrogen-bond acceptors (Lipinski definition) is 3. The summed E-state index contributed by atoms with van der Waals surface area (Å²) in [6.07, 6.45) is 0. The minimum Gasteiger partial charge on any atom is -0.325 e. The van der Waals surface area contributed by atoms with Gasteiger partial charge < -0.3 is 10.3 Å². The number of aryl methyl sites for hydroxylation is 3. The van der Waals surface area contributed by atoms with Gasteiger partial charge in [0.15, 0.2) is 5.78 Å². The zero-order valence-corrected chi connectivity index (χ0v) is 13.0. The molecule has 0 aliphatic carbocycles. The molecule has 0 aliphatic rings. The summed E-state index contributed by atoms with van der Waals surface area (Å²) in [5.41, 5.74) is 2.76. The lowest BCUT2D eigenvalue weighted by atomic mass is 10.1. The van der Waals surface area contributed by atoms with Crippen LogP contribution >= 0.6 is 0 Å². The normalized spacial score (nSPS) is 10.4. The number of H-pyrrole nitrogens is 1. The third kappa shape index (κ3) is 3.14. The Bertz CT molecular complexity index is 819. The van der Waals surface area contributed by atoms with Gasteiger partial charge in [-0.15, -0.1) is 0 Å². The summed E-state index contributed by atoms with van der Waals surface area (Å²) in [4.78, 5) is 38.4. The molecule has 2 N–H and O–H groups in total. The maximum Gasteiger partial charge on any atom is 0.261 e. The van der Waals surface area contributed by atoms with Gasteiger partial charge in [0.1, 0.15) is 5.56 Å². The highest BCUT2D eigenvalue weighted by Crippen LogP contribution is 2.17. The molecule has 1 heterocycles. The molecule has 0 unspecified atom stereocenters. The number of Topliss-reactive ketones (excluding diaryl/α,β-unsaturated/α-hetero) is 1. The van der Waals surface area contributed by atoms with E-state index in [1.807, 2.05) is 32.0 Å². The van der Waals surface area contributed by atoms with Crippen molar-refractivity contribution in [1.29, 1.82) is 0 Å². The third-order valence-corrected chi connectivity index (χ3v) is 3.50. The Morgan fingerprint density at radius 1 is 1.05 bits per heavy atom. The number of rotatable bonds is 3. The lowest BCUT2D eigenvalue weighted by Crippen LogP contribution is -2.25. The molecule has 1 amide bonds. The second-order valence-electron chi connectivity index (χ2n) is 5.38. The highest BCUT2D eigenvalue weighted by molar-refractivity contribution is 6.06. The monoisotopic (exact) mass is 298 g/mol. The highest BCUT2D eigenvalue weighted by Gasteiger charge is 2.16. The quantitative estimate of drug-likeness (QED) is 0.855. The molecule has 0 saturated heterocycles. The fourth-order valence-corrected chi connectivity index (χ4v) is 2.22. The van der Waals surface area contributed by atoms with Gasteiger partial charge in [-0.3, -0.25) is 14.4 Å². The molecule has 1 aromatic carbocycles. The predicted molar refractivity (Wildman–Crippen MR) is 85.7 cm³/mol. The molecule has 1 aromatic heterocycles. The van der Waals surface area contributed by atoms with Gasteiger partial charge in [-0.05, 0) is 51.0 Å². The van der Waals surface area contributed by atoms with E-state index in [1.165, 1.54) is 13.0 Å². The molecule has 5 heteroatoms. The maximum atomic E-state index is 12.3. The van der Waals surface area contributed by atoms with Crippen LogP contribution in [-0.2, 0) is 0 Å². The first kappa shape index (κ1) is 15.7. The molecule has 2 aromatic rings. The van der Waals surface area contributed by atoms with Crippen LogP contribution in [0.1, 0.15) is 44.5 Å². The topological polar surface area (TPSA) is 79.0 Å². The molecule has 0 atom stereocenters. The average Bonchev–Trinajstić information content (AvgIpc) is 2.42. The highest BCUT2D eigenvalue weighted by atomic mass is 16.2. The molecule has 0 radical (unpaired) electrons. The fraction of sp³-hybridized carbons (Fsp3) is 0.235. The summed E-state index contributed by atoms with van der Waals surface area (Å²) >= 11 is 0. The van der Waals surface area contributed by atoms with Crippen LogP contribution < -0.4 is 10.9 Å². The van der Waals surface area contributed by atoms with Gasteiger partial charge in [-0.2, -0.15) is 0 Å². The molecule has 0 aliphatic heterocycles. The van der Waals surface area contributed by atoms with E-state index in [9.17, 15) is 14.4 Å². The van der Waals surface area contributed by atoms with Gasteiger partial charge in [-0.25, -0.2) is 0 Å². The van der Waals surface area contributed by atoms with E-state index in [-0.39, 0.29) is 11.3 Å². The van der Waals surface area contributed by atoms with Crippen molar-refractivity contribution in [3.63, 3.8) is 0 Å². The summed E-state index contributed by atoms with van der Waals surface area (Å²) in [5.74, 6) is -0.730. The van der Waals surface area contributed by atoms with E-state index in [0.29, 0.717) is 16.9 Å². The van der Waals surface area contributed by atoms with Crippen LogP contribution in [0.5, 0.6) is 0 Å². The molecule has 114 valence electrons. The maximum absolute atomic E-state index is 12.3. The third-order valence-electron chi connectivity index (χ3n) is 3.50. The van der Waals surface area contributed by atoms with Gasteiger partial charge in [-0.1, -0.05) is 12.1 Å². The Hall–Kier alpha value is -2.69. The molecule has 0 saturated carbocycles. The number of anilines is 1.